The maximum absolute atomic E-state index is 14.5. The summed E-state index contributed by atoms with van der Waals surface area (Å²) >= 11 is 1.39. The highest BCUT2D eigenvalue weighted by molar-refractivity contribution is 7.98. The smallest absolute Gasteiger partial charge is 0.231 e. The van der Waals surface area contributed by atoms with Crippen LogP contribution in [-0.2, 0) is 5.75 Å². The minimum absolute atomic E-state index is 0.0718. The Morgan fingerprint density at radius 2 is 1.79 bits per heavy atom. The number of anilines is 1. The van der Waals surface area contributed by atoms with E-state index in [-0.39, 0.29) is 28.7 Å². The largest absolute Gasteiger partial charge is 0.422 e. The summed E-state index contributed by atoms with van der Waals surface area (Å²) in [5, 5.41) is 10.00. The molecule has 0 bridgehead atoms. The number of fused-ring (bicyclic) bond motifs is 1. The number of rotatable bonds is 4. The lowest BCUT2D eigenvalue weighted by molar-refractivity contribution is 0.372. The maximum atomic E-state index is 14.5. The van der Waals surface area contributed by atoms with Crippen molar-refractivity contribution >= 4 is 17.6 Å². The molecule has 2 heterocycles. The van der Waals surface area contributed by atoms with Gasteiger partial charge >= 0.3 is 0 Å². The van der Waals surface area contributed by atoms with Gasteiger partial charge in [0, 0.05) is 11.3 Å². The topological polar surface area (TPSA) is 111 Å². The second kappa shape index (κ2) is 7.81. The summed E-state index contributed by atoms with van der Waals surface area (Å²) in [5.74, 6) is -0.530. The van der Waals surface area contributed by atoms with Crippen LogP contribution < -0.4 is 16.2 Å². The number of benzene rings is 2. The third-order valence-electron chi connectivity index (χ3n) is 4.52. The Bertz CT molecular complexity index is 1140. The first-order valence-electron chi connectivity index (χ1n) is 8.74. The van der Waals surface area contributed by atoms with Crippen molar-refractivity contribution < 1.29 is 9.13 Å². The molecule has 2 aromatic carbocycles. The molecule has 0 aliphatic carbocycles. The van der Waals surface area contributed by atoms with E-state index >= 15 is 0 Å². The fraction of sp³-hybridized carbons (Fsp3) is 0.0952. The molecule has 0 unspecified atom stereocenters. The SMILES string of the molecule is N#CC1=C(N)Oc2nc(SCc3ccccc3)nc(N)c2[C@@H]1c1ccccc1F. The molecule has 0 amide bonds. The summed E-state index contributed by atoms with van der Waals surface area (Å²) in [6, 6.07) is 18.0. The summed E-state index contributed by atoms with van der Waals surface area (Å²) in [7, 11) is 0. The van der Waals surface area contributed by atoms with Crippen molar-refractivity contribution in [3.63, 3.8) is 0 Å². The Morgan fingerprint density at radius 3 is 2.52 bits per heavy atom. The molecule has 0 spiro atoms. The van der Waals surface area contributed by atoms with E-state index in [1.807, 2.05) is 36.4 Å². The van der Waals surface area contributed by atoms with E-state index in [2.05, 4.69) is 9.97 Å². The van der Waals surface area contributed by atoms with Crippen LogP contribution in [0.1, 0.15) is 22.6 Å². The number of halogens is 1. The molecule has 6 nitrogen and oxygen atoms in total. The predicted octanol–water partition coefficient (Wildman–Crippen LogP) is 3.71. The number of hydrogen-bond acceptors (Lipinski definition) is 7. The number of nitrogens with two attached hydrogens (primary N) is 2. The zero-order valence-electron chi connectivity index (χ0n) is 15.2. The molecule has 1 aliphatic heterocycles. The van der Waals surface area contributed by atoms with Crippen LogP contribution in [0, 0.1) is 17.1 Å². The van der Waals surface area contributed by atoms with Crippen LogP contribution in [-0.4, -0.2) is 9.97 Å². The molecule has 1 atom stereocenters. The van der Waals surface area contributed by atoms with E-state index in [9.17, 15) is 9.65 Å². The summed E-state index contributed by atoms with van der Waals surface area (Å²) in [6.07, 6.45) is 0. The van der Waals surface area contributed by atoms with Crippen molar-refractivity contribution in [1.29, 1.82) is 5.26 Å². The van der Waals surface area contributed by atoms with Gasteiger partial charge in [-0.05, 0) is 11.6 Å². The van der Waals surface area contributed by atoms with Gasteiger partial charge in [0.15, 0.2) is 5.16 Å². The molecule has 1 aliphatic rings. The Kier molecular flexibility index (Phi) is 5.06. The summed E-state index contributed by atoms with van der Waals surface area (Å²) in [4.78, 5) is 8.77. The van der Waals surface area contributed by atoms with Crippen LogP contribution in [0.5, 0.6) is 5.88 Å². The number of thioether (sulfide) groups is 1. The molecule has 8 heteroatoms. The van der Waals surface area contributed by atoms with Crippen molar-refractivity contribution in [2.24, 2.45) is 5.73 Å². The fourth-order valence-corrected chi connectivity index (χ4v) is 3.96. The first-order valence-corrected chi connectivity index (χ1v) is 9.73. The second-order valence-electron chi connectivity index (χ2n) is 6.33. The zero-order valence-corrected chi connectivity index (χ0v) is 16.0. The summed E-state index contributed by atoms with van der Waals surface area (Å²) in [5.41, 5.74) is 13.9. The molecule has 1 aromatic heterocycles. The van der Waals surface area contributed by atoms with Crippen LogP contribution in [0.2, 0.25) is 0 Å². The van der Waals surface area contributed by atoms with Gasteiger partial charge in [-0.3, -0.25) is 0 Å². The minimum atomic E-state index is -0.835. The van der Waals surface area contributed by atoms with Gasteiger partial charge in [-0.15, -0.1) is 0 Å². The van der Waals surface area contributed by atoms with E-state index in [0.717, 1.165) is 5.56 Å². The minimum Gasteiger partial charge on any atom is -0.422 e. The van der Waals surface area contributed by atoms with Gasteiger partial charge in [0.2, 0.25) is 11.8 Å². The van der Waals surface area contributed by atoms with Crippen molar-refractivity contribution in [1.82, 2.24) is 9.97 Å². The summed E-state index contributed by atoms with van der Waals surface area (Å²) < 4.78 is 20.1. The molecule has 0 radical (unpaired) electrons. The molecule has 0 fully saturated rings. The zero-order chi connectivity index (χ0) is 20.4. The normalized spacial score (nSPS) is 15.4. The number of ether oxygens (including phenoxy) is 1. The van der Waals surface area contributed by atoms with Crippen molar-refractivity contribution in [3.8, 4) is 11.9 Å². The second-order valence-corrected chi connectivity index (χ2v) is 7.27. The number of aromatic nitrogens is 2. The van der Waals surface area contributed by atoms with Gasteiger partial charge < -0.3 is 16.2 Å². The van der Waals surface area contributed by atoms with Crippen LogP contribution in [0.3, 0.4) is 0 Å². The van der Waals surface area contributed by atoms with Gasteiger partial charge in [-0.2, -0.15) is 10.2 Å². The Balaban J connectivity index is 1.75. The molecule has 144 valence electrons. The number of allylic oxidation sites excluding steroid dienone is 1. The highest BCUT2D eigenvalue weighted by atomic mass is 32.2. The number of nitrogen functional groups attached to an aromatic ring is 1. The van der Waals surface area contributed by atoms with Crippen LogP contribution >= 0.6 is 11.8 Å². The van der Waals surface area contributed by atoms with Gasteiger partial charge in [-0.25, -0.2) is 9.37 Å². The highest BCUT2D eigenvalue weighted by Gasteiger charge is 2.36. The van der Waals surface area contributed by atoms with Gasteiger partial charge in [0.05, 0.1) is 11.5 Å². The molecule has 0 saturated heterocycles. The van der Waals surface area contributed by atoms with E-state index in [4.69, 9.17) is 16.2 Å². The molecule has 4 rings (SSSR count). The molecule has 3 aromatic rings. The van der Waals surface area contributed by atoms with Crippen molar-refractivity contribution in [2.75, 3.05) is 5.73 Å². The number of hydrogen-bond donors (Lipinski definition) is 2. The van der Waals surface area contributed by atoms with Crippen LogP contribution in [0.25, 0.3) is 0 Å². The van der Waals surface area contributed by atoms with E-state index < -0.39 is 11.7 Å². The molecular formula is C21H16FN5OS. The van der Waals surface area contributed by atoms with Crippen LogP contribution in [0.15, 0.2) is 71.2 Å². The summed E-state index contributed by atoms with van der Waals surface area (Å²) in [6.45, 7) is 0. The molecule has 0 saturated carbocycles. The first kappa shape index (κ1) is 18.8. The Hall–Kier alpha value is -3.57. The molecular weight excluding hydrogens is 389 g/mol. The lowest BCUT2D eigenvalue weighted by atomic mass is 9.84. The number of nitriles is 1. The van der Waals surface area contributed by atoms with Crippen molar-refractivity contribution in [3.05, 3.63) is 88.6 Å². The Morgan fingerprint density at radius 1 is 1.07 bits per heavy atom. The highest BCUT2D eigenvalue weighted by Crippen LogP contribution is 2.44. The first-order chi connectivity index (χ1) is 14.1. The predicted molar refractivity (Wildman–Crippen MR) is 108 cm³/mol. The third-order valence-corrected chi connectivity index (χ3v) is 5.43. The monoisotopic (exact) mass is 405 g/mol. The Labute approximate surface area is 171 Å². The maximum Gasteiger partial charge on any atom is 0.231 e. The third kappa shape index (κ3) is 3.60. The quantitative estimate of drug-likeness (QED) is 0.503. The number of nitrogens with zero attached hydrogens (tertiary/aromatic N) is 3. The van der Waals surface area contributed by atoms with Gasteiger partial charge in [0.25, 0.3) is 0 Å². The fourth-order valence-electron chi connectivity index (χ4n) is 3.17. The van der Waals surface area contributed by atoms with Gasteiger partial charge in [-0.1, -0.05) is 60.3 Å². The average molecular weight is 405 g/mol. The van der Waals surface area contributed by atoms with Crippen LogP contribution in [0.4, 0.5) is 10.2 Å². The van der Waals surface area contributed by atoms with E-state index in [1.54, 1.807) is 18.2 Å². The lowest BCUT2D eigenvalue weighted by Gasteiger charge is -2.26. The average Bonchev–Trinajstić information content (AvgIpc) is 2.72. The lowest BCUT2D eigenvalue weighted by Crippen LogP contribution is -2.24. The van der Waals surface area contributed by atoms with E-state index in [1.165, 1.54) is 17.8 Å². The van der Waals surface area contributed by atoms with Gasteiger partial charge in [0.1, 0.15) is 23.3 Å². The molecule has 29 heavy (non-hydrogen) atoms. The standard InChI is InChI=1S/C21H16FN5OS/c22-15-9-5-4-8-13(15)16-14(10-23)19(25)28-20-17(16)18(24)26-21(27-20)29-11-12-6-2-1-3-7-12/h1-9,16H,11,25H2,(H2,24,26,27)/t16-/m1/s1. The molecule has 4 N–H and O–H groups in total. The van der Waals surface area contributed by atoms with Crippen molar-refractivity contribution in [2.45, 2.75) is 16.8 Å². The van der Waals surface area contributed by atoms with E-state index in [0.29, 0.717) is 16.5 Å².